The van der Waals surface area contributed by atoms with Crippen LogP contribution in [-0.4, -0.2) is 23.9 Å². The van der Waals surface area contributed by atoms with Crippen molar-refractivity contribution in [3.05, 3.63) is 0 Å². The number of rotatable bonds is 1. The Morgan fingerprint density at radius 3 is 1.67 bits per heavy atom. The Morgan fingerprint density at radius 1 is 0.933 bits per heavy atom. The summed E-state index contributed by atoms with van der Waals surface area (Å²) in [5.74, 6) is 0.326. The van der Waals surface area contributed by atoms with Crippen molar-refractivity contribution in [1.82, 2.24) is 4.90 Å². The minimum Gasteiger partial charge on any atom is -0.343 e. The number of nitrogens with zero attached hydrogens (tertiary/aromatic N) is 1. The first-order valence-electron chi connectivity index (χ1n) is 6.62. The van der Waals surface area contributed by atoms with Crippen LogP contribution in [0.5, 0.6) is 0 Å². The van der Waals surface area contributed by atoms with Crippen LogP contribution in [0.25, 0.3) is 0 Å². The maximum atomic E-state index is 11.2. The summed E-state index contributed by atoms with van der Waals surface area (Å²) in [5, 5.41) is 0. The van der Waals surface area contributed by atoms with E-state index in [2.05, 4.69) is 0 Å². The minimum absolute atomic E-state index is 0.326. The molecule has 1 saturated heterocycles. The van der Waals surface area contributed by atoms with Crippen molar-refractivity contribution in [2.75, 3.05) is 13.1 Å². The van der Waals surface area contributed by atoms with Crippen LogP contribution in [0.2, 0.25) is 0 Å². The van der Waals surface area contributed by atoms with Gasteiger partial charge in [0.1, 0.15) is 0 Å². The smallest absolute Gasteiger partial charge is 0.222 e. The van der Waals surface area contributed by atoms with E-state index >= 15 is 0 Å². The molecule has 1 rings (SSSR count). The number of amides is 1. The lowest BCUT2D eigenvalue weighted by molar-refractivity contribution is -0.130. The van der Waals surface area contributed by atoms with Crippen LogP contribution < -0.4 is 0 Å². The quantitative estimate of drug-likeness (QED) is 0.650. The molecule has 1 heterocycles. The first-order chi connectivity index (χ1) is 7.34. The molecule has 0 aromatic rings. The summed E-state index contributed by atoms with van der Waals surface area (Å²) in [6.07, 6.45) is 5.67. The molecule has 2 heteroatoms. The predicted molar refractivity (Wildman–Crippen MR) is 68.0 cm³/mol. The molecule has 0 N–H and O–H groups in total. The Balaban J connectivity index is 0. The number of hydrogen-bond donors (Lipinski definition) is 0. The van der Waals surface area contributed by atoms with E-state index in [1.807, 2.05) is 39.5 Å². The molecule has 0 aromatic carbocycles. The fraction of sp³-hybridized carbons (Fsp3) is 0.923. The van der Waals surface area contributed by atoms with Gasteiger partial charge < -0.3 is 4.90 Å². The van der Waals surface area contributed by atoms with Gasteiger partial charge in [-0.05, 0) is 12.8 Å². The van der Waals surface area contributed by atoms with Crippen LogP contribution >= 0.6 is 0 Å². The molecule has 15 heavy (non-hydrogen) atoms. The van der Waals surface area contributed by atoms with Crippen molar-refractivity contribution < 1.29 is 4.79 Å². The predicted octanol–water partition coefficient (Wildman–Crippen LogP) is 3.85. The van der Waals surface area contributed by atoms with Gasteiger partial charge in [0.15, 0.2) is 0 Å². The minimum atomic E-state index is 0.326. The summed E-state index contributed by atoms with van der Waals surface area (Å²) >= 11 is 0. The number of carbonyl (C=O) groups excluding carboxylic acids is 1. The standard InChI is InChI=1S/C9H17NO.2C2H6/c1-2-9(11)10-7-5-3-4-6-8-10;2*1-2/h2-8H2,1H3;2*1-2H3. The highest BCUT2D eigenvalue weighted by Gasteiger charge is 2.12. The summed E-state index contributed by atoms with van der Waals surface area (Å²) in [4.78, 5) is 13.3. The van der Waals surface area contributed by atoms with Gasteiger partial charge in [0.25, 0.3) is 0 Å². The number of carbonyl (C=O) groups is 1. The highest BCUT2D eigenvalue weighted by atomic mass is 16.2. The Morgan fingerprint density at radius 2 is 1.33 bits per heavy atom. The third-order valence-corrected chi connectivity index (χ3v) is 2.26. The molecule has 0 aliphatic carbocycles. The van der Waals surface area contributed by atoms with E-state index in [1.165, 1.54) is 25.7 Å². The van der Waals surface area contributed by atoms with Gasteiger partial charge >= 0.3 is 0 Å². The molecule has 1 fully saturated rings. The molecule has 0 bridgehead atoms. The van der Waals surface area contributed by atoms with Crippen LogP contribution in [0.1, 0.15) is 66.7 Å². The van der Waals surface area contributed by atoms with Gasteiger partial charge in [-0.25, -0.2) is 0 Å². The van der Waals surface area contributed by atoms with Crippen LogP contribution in [0.3, 0.4) is 0 Å². The van der Waals surface area contributed by atoms with Gasteiger partial charge in [-0.3, -0.25) is 4.79 Å². The van der Waals surface area contributed by atoms with E-state index in [-0.39, 0.29) is 0 Å². The molecule has 2 nitrogen and oxygen atoms in total. The molecule has 0 unspecified atom stereocenters. The topological polar surface area (TPSA) is 20.3 Å². The second kappa shape index (κ2) is 13.5. The molecular weight excluding hydrogens is 186 g/mol. The average molecular weight is 215 g/mol. The molecule has 0 spiro atoms. The largest absolute Gasteiger partial charge is 0.343 e. The van der Waals surface area contributed by atoms with E-state index in [1.54, 1.807) is 0 Å². The Labute approximate surface area is 96.0 Å². The Hall–Kier alpha value is -0.530. The average Bonchev–Trinajstić information content (AvgIpc) is 2.62. The van der Waals surface area contributed by atoms with Crippen molar-refractivity contribution in [2.24, 2.45) is 0 Å². The van der Waals surface area contributed by atoms with Gasteiger partial charge in [0.05, 0.1) is 0 Å². The molecule has 0 atom stereocenters. The monoisotopic (exact) mass is 215 g/mol. The van der Waals surface area contributed by atoms with E-state index in [9.17, 15) is 4.79 Å². The van der Waals surface area contributed by atoms with Crippen molar-refractivity contribution in [3.8, 4) is 0 Å². The maximum absolute atomic E-state index is 11.2. The lowest BCUT2D eigenvalue weighted by Crippen LogP contribution is -2.30. The number of likely N-dealkylation sites (tertiary alicyclic amines) is 1. The maximum Gasteiger partial charge on any atom is 0.222 e. The van der Waals surface area contributed by atoms with E-state index in [0.29, 0.717) is 12.3 Å². The van der Waals surface area contributed by atoms with Gasteiger partial charge in [0, 0.05) is 19.5 Å². The summed E-state index contributed by atoms with van der Waals surface area (Å²) in [6.45, 7) is 11.9. The highest BCUT2D eigenvalue weighted by molar-refractivity contribution is 5.75. The Kier molecular flexibility index (Phi) is 15.2. The highest BCUT2D eigenvalue weighted by Crippen LogP contribution is 2.10. The molecular formula is C13H29NO. The fourth-order valence-corrected chi connectivity index (χ4v) is 1.54. The van der Waals surface area contributed by atoms with Crippen molar-refractivity contribution >= 4 is 5.91 Å². The second-order valence-electron chi connectivity index (χ2n) is 3.15. The molecule has 0 aromatic heterocycles. The normalized spacial score (nSPS) is 15.1. The van der Waals surface area contributed by atoms with Crippen LogP contribution in [0.15, 0.2) is 0 Å². The lowest BCUT2D eigenvalue weighted by Gasteiger charge is -2.18. The summed E-state index contributed by atoms with van der Waals surface area (Å²) in [6, 6.07) is 0. The molecule has 1 amide bonds. The Bertz CT molecular complexity index is 126. The van der Waals surface area contributed by atoms with Gasteiger partial charge in [-0.15, -0.1) is 0 Å². The SMILES string of the molecule is CC.CC.CCC(=O)N1CCCCCC1. The van der Waals surface area contributed by atoms with Crippen LogP contribution in [0, 0.1) is 0 Å². The first-order valence-corrected chi connectivity index (χ1v) is 6.62. The van der Waals surface area contributed by atoms with E-state index in [4.69, 9.17) is 0 Å². The lowest BCUT2D eigenvalue weighted by atomic mass is 10.2. The van der Waals surface area contributed by atoms with Gasteiger partial charge in [-0.1, -0.05) is 47.5 Å². The third-order valence-electron chi connectivity index (χ3n) is 2.26. The van der Waals surface area contributed by atoms with Gasteiger partial charge in [-0.2, -0.15) is 0 Å². The zero-order chi connectivity index (χ0) is 12.1. The van der Waals surface area contributed by atoms with Crippen molar-refractivity contribution in [3.63, 3.8) is 0 Å². The molecule has 1 aliphatic heterocycles. The molecule has 0 saturated carbocycles. The third kappa shape index (κ3) is 8.46. The van der Waals surface area contributed by atoms with E-state index in [0.717, 1.165) is 13.1 Å². The van der Waals surface area contributed by atoms with Crippen molar-refractivity contribution in [1.29, 1.82) is 0 Å². The van der Waals surface area contributed by atoms with Crippen molar-refractivity contribution in [2.45, 2.75) is 66.7 Å². The molecule has 0 radical (unpaired) electrons. The first kappa shape index (κ1) is 16.9. The molecule has 92 valence electrons. The number of hydrogen-bond acceptors (Lipinski definition) is 1. The summed E-state index contributed by atoms with van der Waals surface area (Å²) in [7, 11) is 0. The van der Waals surface area contributed by atoms with Crippen LogP contribution in [-0.2, 0) is 4.79 Å². The van der Waals surface area contributed by atoms with Crippen LogP contribution in [0.4, 0.5) is 0 Å². The second-order valence-corrected chi connectivity index (χ2v) is 3.15. The van der Waals surface area contributed by atoms with Gasteiger partial charge in [0.2, 0.25) is 5.91 Å². The zero-order valence-electron chi connectivity index (χ0n) is 11.3. The molecule has 1 aliphatic rings. The fourth-order valence-electron chi connectivity index (χ4n) is 1.54. The summed E-state index contributed by atoms with van der Waals surface area (Å²) < 4.78 is 0. The zero-order valence-corrected chi connectivity index (χ0v) is 11.3. The summed E-state index contributed by atoms with van der Waals surface area (Å²) in [5.41, 5.74) is 0. The van der Waals surface area contributed by atoms with E-state index < -0.39 is 0 Å².